The maximum Gasteiger partial charge on any atom is 0.350 e. The van der Waals surface area contributed by atoms with Crippen LogP contribution in [0.15, 0.2) is 0 Å². The summed E-state index contributed by atoms with van der Waals surface area (Å²) in [5, 5.41) is 0. The van der Waals surface area contributed by atoms with Gasteiger partial charge in [0, 0.05) is 70.5 Å². The molecule has 766 valence electrons. The number of hydrogen-bond donors (Lipinski definition) is 0. The van der Waals surface area contributed by atoms with E-state index in [2.05, 4.69) is 0 Å². The monoisotopic (exact) mass is 1930 g/mol. The van der Waals surface area contributed by atoms with E-state index in [0.717, 1.165) is 70.6 Å². The van der Waals surface area contributed by atoms with Gasteiger partial charge in [-0.3, -0.25) is 57.5 Å². The van der Waals surface area contributed by atoms with Crippen LogP contribution < -0.4 is 0 Å². The highest BCUT2D eigenvalue weighted by Gasteiger charge is 2.76. The highest BCUT2D eigenvalue weighted by atomic mass is 16.7. The summed E-state index contributed by atoms with van der Waals surface area (Å²) in [6.07, 6.45) is 10.9. The first-order valence-electron chi connectivity index (χ1n) is 50.4. The van der Waals surface area contributed by atoms with Crippen LogP contribution in [-0.2, 0) is 153 Å². The van der Waals surface area contributed by atoms with E-state index in [0.29, 0.717) is 56.8 Å². The number of carbonyl (C=O) groups is 16. The SMILES string of the molecule is CCC(C)(C)C(=O)OC(C)(C)C(=O)OC1(C)C2CC3C(=O)OC1C3C2.CCC(C)(C)C(=O)OC(C)(C)C(=O)OC1C2CC3C(=O)OC1(C)C3C2.CCC(C)(C)C(=O)OC(C)(C)C(=O)OC1C2CC3C(=O)OC1C3C2.CCC(C)(C)C(=O)OC(C)(C)C(=O)OC1C2OC(=O)C3CC1(C)CC32.CCC(C)(C)C(=O)OC1C2CC3CC2C(=O)OC31C.CCC(C)(C)C(=O)OC1C2CC3CC2C(=O)OC31C. The molecule has 30 atom stereocenters. The summed E-state index contributed by atoms with van der Waals surface area (Å²) in [5.74, 6) is -3.50. The van der Waals surface area contributed by atoms with Crippen molar-refractivity contribution in [2.75, 3.05) is 0 Å². The molecule has 0 aromatic carbocycles. The number of esters is 16. The largest absolute Gasteiger partial charge is 0.458 e. The van der Waals surface area contributed by atoms with Crippen LogP contribution in [0.5, 0.6) is 0 Å². The third kappa shape index (κ3) is 18.5. The molecule has 16 bridgehead atoms. The Labute approximate surface area is 806 Å². The maximum absolute atomic E-state index is 12.8. The second-order valence-electron chi connectivity index (χ2n) is 49.8. The van der Waals surface area contributed by atoms with Gasteiger partial charge in [0.1, 0.15) is 71.2 Å². The van der Waals surface area contributed by atoms with Crippen LogP contribution in [0.2, 0.25) is 0 Å². The van der Waals surface area contributed by atoms with E-state index in [4.69, 9.17) is 75.8 Å². The second-order valence-corrected chi connectivity index (χ2v) is 49.8. The molecular formula is C105H154O32. The molecule has 0 amide bonds. The Hall–Kier alpha value is -8.48. The van der Waals surface area contributed by atoms with Gasteiger partial charge in [-0.25, -0.2) is 19.2 Å². The molecule has 32 nitrogen and oxygen atoms in total. The van der Waals surface area contributed by atoms with Crippen molar-refractivity contribution >= 4 is 95.5 Å². The summed E-state index contributed by atoms with van der Waals surface area (Å²) >= 11 is 0. The lowest BCUT2D eigenvalue weighted by Crippen LogP contribution is -2.59. The van der Waals surface area contributed by atoms with Crippen LogP contribution in [0.25, 0.3) is 0 Å². The van der Waals surface area contributed by atoms with Crippen molar-refractivity contribution in [2.45, 2.75) is 424 Å². The predicted molar refractivity (Wildman–Crippen MR) is 485 cm³/mol. The van der Waals surface area contributed by atoms with Crippen molar-refractivity contribution in [1.29, 1.82) is 0 Å². The normalized spacial score (nSPS) is 37.9. The number of carbonyl (C=O) groups excluding carboxylic acids is 16. The number of fused-ring (bicyclic) bond motifs is 6. The Morgan fingerprint density at radius 1 is 0.292 bits per heavy atom. The van der Waals surface area contributed by atoms with E-state index in [1.165, 1.54) is 41.5 Å². The van der Waals surface area contributed by atoms with Gasteiger partial charge >= 0.3 is 95.5 Å². The third-order valence-electron chi connectivity index (χ3n) is 36.6. The molecule has 0 radical (unpaired) electrons. The molecule has 8 saturated heterocycles. The van der Waals surface area contributed by atoms with E-state index in [-0.39, 0.29) is 172 Å². The van der Waals surface area contributed by atoms with Crippen molar-refractivity contribution in [3.05, 3.63) is 0 Å². The van der Waals surface area contributed by atoms with Gasteiger partial charge in [0.15, 0.2) is 0 Å². The minimum Gasteiger partial charge on any atom is -0.458 e. The lowest BCUT2D eigenvalue weighted by molar-refractivity contribution is -0.224. The second kappa shape index (κ2) is 35.9. The number of hydrogen-bond acceptors (Lipinski definition) is 32. The van der Waals surface area contributed by atoms with E-state index in [9.17, 15) is 76.7 Å². The van der Waals surface area contributed by atoms with Crippen molar-refractivity contribution in [1.82, 2.24) is 0 Å². The molecule has 12 saturated carbocycles. The quantitative estimate of drug-likeness (QED) is 0.0573. The van der Waals surface area contributed by atoms with Crippen LogP contribution >= 0.6 is 0 Å². The number of ether oxygens (including phenoxy) is 16. The van der Waals surface area contributed by atoms with Crippen molar-refractivity contribution in [2.24, 2.45) is 139 Å². The Balaban J connectivity index is 0.000000139. The summed E-state index contributed by atoms with van der Waals surface area (Å²) in [4.78, 5) is 196. The zero-order valence-electron chi connectivity index (χ0n) is 86.7. The molecule has 20 aliphatic rings. The van der Waals surface area contributed by atoms with Crippen molar-refractivity contribution in [3.63, 3.8) is 0 Å². The molecule has 0 N–H and O–H groups in total. The highest BCUT2D eigenvalue weighted by Crippen LogP contribution is 2.67. The summed E-state index contributed by atoms with van der Waals surface area (Å²) in [5.41, 5.74) is -12.1. The minimum absolute atomic E-state index is 0.0221. The highest BCUT2D eigenvalue weighted by molar-refractivity contribution is 5.89. The molecule has 30 unspecified atom stereocenters. The van der Waals surface area contributed by atoms with Gasteiger partial charge in [-0.05, 0) is 282 Å². The first-order valence-corrected chi connectivity index (χ1v) is 50.4. The van der Waals surface area contributed by atoms with Gasteiger partial charge in [-0.1, -0.05) is 48.5 Å². The van der Waals surface area contributed by atoms with Crippen LogP contribution in [0.1, 0.15) is 330 Å². The molecule has 137 heavy (non-hydrogen) atoms. The lowest BCUT2D eigenvalue weighted by Gasteiger charge is -2.47. The van der Waals surface area contributed by atoms with Crippen molar-refractivity contribution in [3.8, 4) is 0 Å². The Morgan fingerprint density at radius 3 is 1.06 bits per heavy atom. The Bertz CT molecular complexity index is 4710. The molecular weight excluding hydrogens is 1770 g/mol. The summed E-state index contributed by atoms with van der Waals surface area (Å²) in [6, 6.07) is 0. The van der Waals surface area contributed by atoms with Gasteiger partial charge < -0.3 is 75.8 Å². The molecule has 0 spiro atoms. The smallest absolute Gasteiger partial charge is 0.350 e. The van der Waals surface area contributed by atoms with Gasteiger partial charge in [-0.2, -0.15) is 0 Å². The molecule has 20 fully saturated rings. The fourth-order valence-corrected chi connectivity index (χ4v) is 24.5. The molecule has 0 aromatic rings. The van der Waals surface area contributed by atoms with E-state index in [1.807, 2.05) is 104 Å². The maximum atomic E-state index is 12.8. The molecule has 20 rings (SSSR count). The standard InChI is InChI=1S/3C19H28O6.C18H26O6.2C15H22O4/c1-7-17(2,3)15(21)25-18(4,5)16(22)24-13-12-10-8-19(13,6)9-11(10)14(20)23-12;1-7-17(2,3)15(21)24-18(4,5)16(22)25-19(6)10-8-11-12(9-10)14(20)23-13(11)19;1-7-17(2,3)15(21)25-18(4,5)16(22)23-13-10-8-11-12(9-10)19(13,6)24-14(11)20;1-6-17(2,3)15(20)24-18(4,5)16(21)23-12-9-7-10-11(8-9)14(19)22-13(10)12;2*1-5-14(2,3)13(17)18-11-9-6-8-7-10(9)12(16)19-15(8,11)4/h3*10-13H,7-9H2,1-6H3;9-13H,6-8H2,1-5H3;2*8-11H,5-7H2,1-4H3. The fourth-order valence-electron chi connectivity index (χ4n) is 24.5. The Kier molecular flexibility index (Phi) is 27.7. The summed E-state index contributed by atoms with van der Waals surface area (Å²) in [6.45, 7) is 55.3. The molecule has 0 aromatic heterocycles. The topological polar surface area (TPSA) is 421 Å². The Morgan fingerprint density at radius 2 is 0.628 bits per heavy atom. The average molecular weight is 1930 g/mol. The van der Waals surface area contributed by atoms with Gasteiger partial charge in [0.05, 0.1) is 68.0 Å². The first kappa shape index (κ1) is 106. The summed E-state index contributed by atoms with van der Waals surface area (Å²) in [7, 11) is 0. The zero-order valence-corrected chi connectivity index (χ0v) is 86.7. The zero-order chi connectivity index (χ0) is 102. The third-order valence-corrected chi connectivity index (χ3v) is 36.6. The average Bonchev–Trinajstić information content (AvgIpc) is 1.54. The fraction of sp³-hybridized carbons (Fsp3) is 0.848. The minimum atomic E-state index is -1.39. The predicted octanol–water partition coefficient (Wildman–Crippen LogP) is 14.7. The molecule has 32 heteroatoms. The molecule has 12 aliphatic carbocycles. The molecule has 8 aliphatic heterocycles. The van der Waals surface area contributed by atoms with Gasteiger partial charge in [-0.15, -0.1) is 0 Å². The van der Waals surface area contributed by atoms with Gasteiger partial charge in [0.25, 0.3) is 0 Å². The van der Waals surface area contributed by atoms with E-state index >= 15 is 0 Å². The lowest BCUT2D eigenvalue weighted by atomic mass is 9.74. The first-order chi connectivity index (χ1) is 62.9. The van der Waals surface area contributed by atoms with Crippen LogP contribution in [0.3, 0.4) is 0 Å². The van der Waals surface area contributed by atoms with Crippen LogP contribution in [0.4, 0.5) is 0 Å². The summed E-state index contributed by atoms with van der Waals surface area (Å²) < 4.78 is 89.4. The van der Waals surface area contributed by atoms with E-state index < -0.39 is 143 Å². The number of rotatable bonds is 26. The van der Waals surface area contributed by atoms with Crippen molar-refractivity contribution < 1.29 is 153 Å². The molecule has 8 heterocycles. The van der Waals surface area contributed by atoms with Gasteiger partial charge in [0.2, 0.25) is 22.4 Å². The van der Waals surface area contributed by atoms with Crippen LogP contribution in [0, 0.1) is 139 Å². The van der Waals surface area contributed by atoms with Crippen LogP contribution in [-0.4, -0.2) is 189 Å². The van der Waals surface area contributed by atoms with E-state index in [1.54, 1.807) is 69.2 Å².